The van der Waals surface area contributed by atoms with Gasteiger partial charge in [0.15, 0.2) is 18.3 Å². The molecule has 0 spiro atoms. The molecule has 0 unspecified atom stereocenters. The largest absolute Gasteiger partial charge is 0.488 e. The smallest absolute Gasteiger partial charge is 0.303 e. The number of ether oxygens (including phenoxy) is 7. The van der Waals surface area contributed by atoms with Gasteiger partial charge in [0.05, 0.1) is 13.2 Å². The third kappa shape index (κ3) is 8.92. The third-order valence-electron chi connectivity index (χ3n) is 6.90. The Balaban J connectivity index is 1.65. The normalized spacial score (nSPS) is 25.0. The number of carbonyl (C=O) groups excluding carboxylic acids is 4. The highest BCUT2D eigenvalue weighted by Gasteiger charge is 2.52. The lowest BCUT2D eigenvalue weighted by Crippen LogP contribution is -2.59. The first-order valence-corrected chi connectivity index (χ1v) is 14.3. The molecule has 0 aliphatic carbocycles. The predicted octanol–water partition coefficient (Wildman–Crippen LogP) is 3.90. The lowest BCUT2D eigenvalue weighted by atomic mass is 9.89. The molecule has 232 valence electrons. The summed E-state index contributed by atoms with van der Waals surface area (Å²) in [5.74, 6) is -1.90. The summed E-state index contributed by atoms with van der Waals surface area (Å²) in [6.45, 7) is 5.73. The maximum absolute atomic E-state index is 12.2. The van der Waals surface area contributed by atoms with Crippen LogP contribution in [-0.4, -0.2) is 74.2 Å². The second-order valence-corrected chi connectivity index (χ2v) is 10.8. The molecule has 2 aliphatic heterocycles. The fourth-order valence-electron chi connectivity index (χ4n) is 5.11. The Morgan fingerprint density at radius 2 is 1.49 bits per heavy atom. The number of halogens is 1. The summed E-state index contributed by atoms with van der Waals surface area (Å²) in [5, 5.41) is 0.498. The van der Waals surface area contributed by atoms with Crippen molar-refractivity contribution in [2.24, 2.45) is 0 Å². The first-order valence-electron chi connectivity index (χ1n) is 13.9. The highest BCUT2D eigenvalue weighted by Crippen LogP contribution is 2.39. The van der Waals surface area contributed by atoms with Crippen molar-refractivity contribution in [1.29, 1.82) is 0 Å². The van der Waals surface area contributed by atoms with Gasteiger partial charge in [0, 0.05) is 39.1 Å². The monoisotopic (exact) mass is 618 g/mol. The van der Waals surface area contributed by atoms with E-state index in [0.29, 0.717) is 30.2 Å². The van der Waals surface area contributed by atoms with Gasteiger partial charge in [-0.1, -0.05) is 35.9 Å². The molecule has 0 bridgehead atoms. The molecule has 0 saturated carbocycles. The summed E-state index contributed by atoms with van der Waals surface area (Å²) in [7, 11) is 0. The van der Waals surface area contributed by atoms with Gasteiger partial charge >= 0.3 is 23.9 Å². The Hall–Kier alpha value is -3.67. The van der Waals surface area contributed by atoms with E-state index in [4.69, 9.17) is 44.8 Å². The quantitative estimate of drug-likeness (QED) is 0.284. The molecular weight excluding hydrogens is 584 g/mol. The minimum Gasteiger partial charge on any atom is -0.488 e. The summed E-state index contributed by atoms with van der Waals surface area (Å²) in [6.07, 6.45) is -4.39. The Morgan fingerprint density at radius 1 is 0.837 bits per heavy atom. The molecule has 12 heteroatoms. The van der Waals surface area contributed by atoms with Crippen molar-refractivity contribution >= 4 is 35.5 Å². The molecule has 4 rings (SSSR count). The zero-order chi connectivity index (χ0) is 31.1. The Morgan fingerprint density at radius 3 is 2.09 bits per heavy atom. The molecule has 2 aromatic carbocycles. The van der Waals surface area contributed by atoms with Crippen LogP contribution < -0.4 is 4.74 Å². The molecule has 0 aromatic heterocycles. The summed E-state index contributed by atoms with van der Waals surface area (Å²) in [4.78, 5) is 48.0. The van der Waals surface area contributed by atoms with Gasteiger partial charge in [0.2, 0.25) is 0 Å². The maximum atomic E-state index is 12.2. The van der Waals surface area contributed by atoms with E-state index in [2.05, 4.69) is 0 Å². The minimum atomic E-state index is -1.26. The fraction of sp³-hybridized carbons (Fsp3) is 0.484. The number of esters is 4. The SMILES string of the molecule is CC(=O)OC[C@H]1O[C@H](c2ccc(Cl)c(Cc3ccc(O[C@H]4CCOC4)cc3)c2)[C@H](OC(C)=O)[C@@H](OC(C)=O)[C@@H]1OC(C)=O. The Bertz CT molecular complexity index is 1310. The van der Waals surface area contributed by atoms with E-state index in [1.54, 1.807) is 12.1 Å². The molecule has 2 heterocycles. The van der Waals surface area contributed by atoms with Gasteiger partial charge in [-0.05, 0) is 41.3 Å². The highest BCUT2D eigenvalue weighted by atomic mass is 35.5. The van der Waals surface area contributed by atoms with E-state index >= 15 is 0 Å². The standard InChI is InChI=1S/C31H35ClO11/c1-17(33)38-16-27-29(39-18(2)34)31(41-20(4)36)30(40-19(3)35)28(43-27)22-7-10-26(32)23(14-22)13-21-5-8-24(9-6-21)42-25-11-12-37-15-25/h5-10,14,25,27-31H,11-13,15-16H2,1-4H3/t25-,27+,28+,29+,30-,31-/m0/s1. The first kappa shape index (κ1) is 32.2. The lowest BCUT2D eigenvalue weighted by Gasteiger charge is -2.44. The van der Waals surface area contributed by atoms with Crippen molar-refractivity contribution in [3.8, 4) is 5.75 Å². The predicted molar refractivity (Wildman–Crippen MR) is 151 cm³/mol. The molecule has 6 atom stereocenters. The van der Waals surface area contributed by atoms with Gasteiger partial charge in [0.25, 0.3) is 0 Å². The van der Waals surface area contributed by atoms with E-state index in [1.807, 2.05) is 30.3 Å². The van der Waals surface area contributed by atoms with Crippen LogP contribution in [0.4, 0.5) is 0 Å². The van der Waals surface area contributed by atoms with Crippen LogP contribution in [0.25, 0.3) is 0 Å². The molecule has 0 amide bonds. The zero-order valence-corrected chi connectivity index (χ0v) is 25.2. The molecule has 43 heavy (non-hydrogen) atoms. The average molecular weight is 619 g/mol. The van der Waals surface area contributed by atoms with Crippen LogP contribution in [0.3, 0.4) is 0 Å². The van der Waals surface area contributed by atoms with Crippen molar-refractivity contribution in [1.82, 2.24) is 0 Å². The summed E-state index contributed by atoms with van der Waals surface area (Å²) >= 11 is 6.59. The van der Waals surface area contributed by atoms with E-state index in [-0.39, 0.29) is 12.7 Å². The molecule has 2 saturated heterocycles. The van der Waals surface area contributed by atoms with Crippen LogP contribution in [0.5, 0.6) is 5.75 Å². The second-order valence-electron chi connectivity index (χ2n) is 10.4. The Labute approximate surface area is 254 Å². The van der Waals surface area contributed by atoms with Gasteiger partial charge in [-0.15, -0.1) is 0 Å². The van der Waals surface area contributed by atoms with E-state index in [1.165, 1.54) is 27.7 Å². The summed E-state index contributed by atoms with van der Waals surface area (Å²) in [6, 6.07) is 12.9. The van der Waals surface area contributed by atoms with Crippen LogP contribution in [0.1, 0.15) is 56.9 Å². The average Bonchev–Trinajstić information content (AvgIpc) is 3.44. The van der Waals surface area contributed by atoms with Crippen molar-refractivity contribution in [3.63, 3.8) is 0 Å². The van der Waals surface area contributed by atoms with Crippen LogP contribution in [0.2, 0.25) is 5.02 Å². The highest BCUT2D eigenvalue weighted by molar-refractivity contribution is 6.31. The molecular formula is C31H35ClO11. The summed E-state index contributed by atoms with van der Waals surface area (Å²) < 4.78 is 39.4. The van der Waals surface area contributed by atoms with Crippen LogP contribution in [-0.2, 0) is 54.0 Å². The minimum absolute atomic E-state index is 0.0403. The van der Waals surface area contributed by atoms with Gasteiger partial charge in [0.1, 0.15) is 30.7 Å². The number of rotatable bonds is 10. The van der Waals surface area contributed by atoms with Crippen LogP contribution in [0.15, 0.2) is 42.5 Å². The van der Waals surface area contributed by atoms with Crippen LogP contribution >= 0.6 is 11.6 Å². The number of benzene rings is 2. The van der Waals surface area contributed by atoms with E-state index in [9.17, 15) is 19.2 Å². The van der Waals surface area contributed by atoms with E-state index in [0.717, 1.165) is 23.3 Å². The third-order valence-corrected chi connectivity index (χ3v) is 7.27. The zero-order valence-electron chi connectivity index (χ0n) is 24.4. The van der Waals surface area contributed by atoms with Crippen molar-refractivity contribution in [3.05, 3.63) is 64.2 Å². The van der Waals surface area contributed by atoms with Crippen molar-refractivity contribution < 1.29 is 52.3 Å². The van der Waals surface area contributed by atoms with Crippen LogP contribution in [0, 0.1) is 0 Å². The topological polar surface area (TPSA) is 133 Å². The number of carbonyl (C=O) groups is 4. The fourth-order valence-corrected chi connectivity index (χ4v) is 5.29. The molecule has 11 nitrogen and oxygen atoms in total. The maximum Gasteiger partial charge on any atom is 0.303 e. The lowest BCUT2D eigenvalue weighted by molar-refractivity contribution is -0.254. The van der Waals surface area contributed by atoms with Crippen molar-refractivity contribution in [2.45, 2.75) is 77.2 Å². The Kier molecular flexibility index (Phi) is 11.0. The van der Waals surface area contributed by atoms with Gasteiger partial charge in [-0.2, -0.15) is 0 Å². The first-order chi connectivity index (χ1) is 20.5. The van der Waals surface area contributed by atoms with Gasteiger partial charge < -0.3 is 33.2 Å². The summed E-state index contributed by atoms with van der Waals surface area (Å²) in [5.41, 5.74) is 2.28. The molecule has 2 aliphatic rings. The van der Waals surface area contributed by atoms with E-state index < -0.39 is 54.4 Å². The van der Waals surface area contributed by atoms with Gasteiger partial charge in [-0.25, -0.2) is 0 Å². The molecule has 2 aromatic rings. The number of hydrogen-bond donors (Lipinski definition) is 0. The molecule has 0 N–H and O–H groups in total. The molecule has 2 fully saturated rings. The van der Waals surface area contributed by atoms with Gasteiger partial charge in [-0.3, -0.25) is 19.2 Å². The molecule has 0 radical (unpaired) electrons. The van der Waals surface area contributed by atoms with Crippen molar-refractivity contribution in [2.75, 3.05) is 19.8 Å². The number of hydrogen-bond acceptors (Lipinski definition) is 11. The second kappa shape index (κ2) is 14.7.